The van der Waals surface area contributed by atoms with E-state index in [0.717, 1.165) is 35.6 Å². The number of imidazole rings is 1. The molecule has 0 unspecified atom stereocenters. The van der Waals surface area contributed by atoms with Gasteiger partial charge in [0.25, 0.3) is 5.91 Å². The van der Waals surface area contributed by atoms with Gasteiger partial charge in [-0.2, -0.15) is 0 Å². The van der Waals surface area contributed by atoms with Crippen LogP contribution in [0.3, 0.4) is 0 Å². The number of likely N-dealkylation sites (tertiary alicyclic amines) is 1. The maximum absolute atomic E-state index is 12.8. The molecule has 1 saturated heterocycles. The van der Waals surface area contributed by atoms with Crippen molar-refractivity contribution < 1.29 is 9.59 Å². The first-order chi connectivity index (χ1) is 12.6. The smallest absolute Gasteiger partial charge is 0.258 e. The number of carbonyl (C=O) groups is 2. The van der Waals surface area contributed by atoms with Crippen molar-refractivity contribution in [3.63, 3.8) is 0 Å². The number of fused-ring (bicyclic) bond motifs is 1. The summed E-state index contributed by atoms with van der Waals surface area (Å²) in [6.45, 7) is 0.762. The molecule has 4 heterocycles. The molecular formula is C19H20N4O2S. The van der Waals surface area contributed by atoms with Gasteiger partial charge in [0.05, 0.1) is 16.6 Å². The summed E-state index contributed by atoms with van der Waals surface area (Å²) >= 11 is 1.39. The van der Waals surface area contributed by atoms with E-state index >= 15 is 0 Å². The summed E-state index contributed by atoms with van der Waals surface area (Å²) in [5, 5.41) is 0. The highest BCUT2D eigenvalue weighted by Gasteiger charge is 2.31. The number of amides is 2. The van der Waals surface area contributed by atoms with Crippen molar-refractivity contribution in [3.8, 4) is 0 Å². The standard InChI is InChI=1S/C19H20N4O2S/c20-19(25)16-8-7-15(26-16)14-4-3-11-23(14)18(24)9-6-13-12-22-10-2-1-5-17(22)21-13/h1-2,5,7-8,10,12,14H,3-4,6,9,11H2,(H2,20,25)/t14-/m0/s1. The molecule has 1 aliphatic rings. The van der Waals surface area contributed by atoms with Crippen LogP contribution in [-0.4, -0.2) is 32.6 Å². The van der Waals surface area contributed by atoms with Crippen molar-refractivity contribution in [2.24, 2.45) is 5.73 Å². The van der Waals surface area contributed by atoms with Crippen LogP contribution >= 0.6 is 11.3 Å². The van der Waals surface area contributed by atoms with Gasteiger partial charge in [-0.05, 0) is 43.5 Å². The average Bonchev–Trinajstić information content (AvgIpc) is 3.37. The third kappa shape index (κ3) is 3.22. The number of hydrogen-bond donors (Lipinski definition) is 1. The van der Waals surface area contributed by atoms with Gasteiger partial charge in [-0.1, -0.05) is 6.07 Å². The SMILES string of the molecule is NC(=O)c1ccc([C@@H]2CCCN2C(=O)CCc2cn3ccccc3n2)s1. The van der Waals surface area contributed by atoms with E-state index in [9.17, 15) is 9.59 Å². The van der Waals surface area contributed by atoms with Gasteiger partial charge in [0.15, 0.2) is 0 Å². The second kappa shape index (κ2) is 6.92. The van der Waals surface area contributed by atoms with Crippen molar-refractivity contribution in [2.45, 2.75) is 31.7 Å². The number of aromatic nitrogens is 2. The minimum absolute atomic E-state index is 0.0571. The van der Waals surface area contributed by atoms with Gasteiger partial charge in [-0.25, -0.2) is 4.98 Å². The highest BCUT2D eigenvalue weighted by atomic mass is 32.1. The van der Waals surface area contributed by atoms with E-state index in [1.54, 1.807) is 6.07 Å². The number of nitrogens with zero attached hydrogens (tertiary/aromatic N) is 3. The van der Waals surface area contributed by atoms with Crippen molar-refractivity contribution >= 4 is 28.8 Å². The van der Waals surface area contributed by atoms with Crippen LogP contribution in [0.4, 0.5) is 0 Å². The number of rotatable bonds is 5. The number of pyridine rings is 1. The summed E-state index contributed by atoms with van der Waals surface area (Å²) in [7, 11) is 0. The Balaban J connectivity index is 1.43. The van der Waals surface area contributed by atoms with E-state index in [1.807, 2.05) is 46.0 Å². The Labute approximate surface area is 155 Å². The third-order valence-electron chi connectivity index (χ3n) is 4.78. The summed E-state index contributed by atoms with van der Waals surface area (Å²) in [5.41, 5.74) is 7.16. The number of thiophene rings is 1. The van der Waals surface area contributed by atoms with E-state index < -0.39 is 5.91 Å². The Morgan fingerprint density at radius 3 is 2.92 bits per heavy atom. The van der Waals surface area contributed by atoms with Crippen LogP contribution in [0.25, 0.3) is 5.65 Å². The summed E-state index contributed by atoms with van der Waals surface area (Å²) in [6.07, 6.45) is 6.91. The zero-order valence-electron chi connectivity index (χ0n) is 14.3. The molecule has 4 rings (SSSR count). The molecule has 0 saturated carbocycles. The average molecular weight is 368 g/mol. The second-order valence-corrected chi connectivity index (χ2v) is 7.63. The first-order valence-electron chi connectivity index (χ1n) is 8.73. The molecule has 3 aromatic heterocycles. The highest BCUT2D eigenvalue weighted by Crippen LogP contribution is 2.36. The topological polar surface area (TPSA) is 80.7 Å². The molecule has 0 aliphatic carbocycles. The first-order valence-corrected chi connectivity index (χ1v) is 9.55. The molecule has 134 valence electrons. The molecule has 0 spiro atoms. The Kier molecular flexibility index (Phi) is 4.46. The van der Waals surface area contributed by atoms with Crippen molar-refractivity contribution in [3.05, 3.63) is 58.2 Å². The molecule has 3 aromatic rings. The lowest BCUT2D eigenvalue weighted by atomic mass is 10.1. The van der Waals surface area contributed by atoms with Gasteiger partial charge in [0, 0.05) is 30.2 Å². The quantitative estimate of drug-likeness (QED) is 0.752. The Morgan fingerprint density at radius 1 is 1.27 bits per heavy atom. The zero-order valence-corrected chi connectivity index (χ0v) is 15.1. The maximum Gasteiger partial charge on any atom is 0.258 e. The zero-order chi connectivity index (χ0) is 18.1. The van der Waals surface area contributed by atoms with E-state index in [2.05, 4.69) is 4.98 Å². The summed E-state index contributed by atoms with van der Waals surface area (Å²) < 4.78 is 1.97. The van der Waals surface area contributed by atoms with Gasteiger partial charge in [-0.3, -0.25) is 9.59 Å². The molecule has 26 heavy (non-hydrogen) atoms. The van der Waals surface area contributed by atoms with E-state index in [4.69, 9.17) is 5.73 Å². The number of aryl methyl sites for hydroxylation is 1. The van der Waals surface area contributed by atoms with Gasteiger partial charge in [-0.15, -0.1) is 11.3 Å². The fraction of sp³-hybridized carbons (Fsp3) is 0.316. The Hall–Kier alpha value is -2.67. The van der Waals surface area contributed by atoms with E-state index in [-0.39, 0.29) is 11.9 Å². The molecule has 1 atom stereocenters. The fourth-order valence-electron chi connectivity index (χ4n) is 3.51. The lowest BCUT2D eigenvalue weighted by molar-refractivity contribution is -0.132. The lowest BCUT2D eigenvalue weighted by Crippen LogP contribution is -2.30. The molecule has 1 fully saturated rings. The van der Waals surface area contributed by atoms with Gasteiger partial charge in [0.1, 0.15) is 5.65 Å². The largest absolute Gasteiger partial charge is 0.365 e. The molecule has 6 nitrogen and oxygen atoms in total. The molecule has 0 aromatic carbocycles. The van der Waals surface area contributed by atoms with Crippen LogP contribution in [0.1, 0.15) is 45.5 Å². The molecule has 0 radical (unpaired) electrons. The number of carbonyl (C=O) groups excluding carboxylic acids is 2. The minimum Gasteiger partial charge on any atom is -0.365 e. The maximum atomic E-state index is 12.8. The van der Waals surface area contributed by atoms with Crippen molar-refractivity contribution in [2.75, 3.05) is 6.54 Å². The molecule has 0 bridgehead atoms. The predicted octanol–water partition coefficient (Wildman–Crippen LogP) is 2.79. The number of nitrogens with two attached hydrogens (primary N) is 1. The van der Waals surface area contributed by atoms with E-state index in [1.165, 1.54) is 11.3 Å². The monoisotopic (exact) mass is 368 g/mol. The molecule has 2 amide bonds. The number of hydrogen-bond acceptors (Lipinski definition) is 4. The van der Waals surface area contributed by atoms with Crippen LogP contribution in [0, 0.1) is 0 Å². The van der Waals surface area contributed by atoms with Gasteiger partial charge >= 0.3 is 0 Å². The summed E-state index contributed by atoms with van der Waals surface area (Å²) in [4.78, 5) is 32.2. The van der Waals surface area contributed by atoms with Gasteiger partial charge < -0.3 is 15.0 Å². The Bertz CT molecular complexity index is 928. The molecule has 7 heteroatoms. The first kappa shape index (κ1) is 16.8. The number of primary amides is 1. The predicted molar refractivity (Wildman–Crippen MR) is 100 cm³/mol. The van der Waals surface area contributed by atoms with Crippen molar-refractivity contribution in [1.82, 2.24) is 14.3 Å². The molecule has 2 N–H and O–H groups in total. The van der Waals surface area contributed by atoms with Crippen LogP contribution in [0.5, 0.6) is 0 Å². The van der Waals surface area contributed by atoms with E-state index in [0.29, 0.717) is 17.7 Å². The molecular weight excluding hydrogens is 348 g/mol. The summed E-state index contributed by atoms with van der Waals surface area (Å²) in [6, 6.07) is 9.59. The fourth-order valence-corrected chi connectivity index (χ4v) is 4.52. The lowest BCUT2D eigenvalue weighted by Gasteiger charge is -2.23. The van der Waals surface area contributed by atoms with Crippen molar-refractivity contribution in [1.29, 1.82) is 0 Å². The second-order valence-electron chi connectivity index (χ2n) is 6.51. The van der Waals surface area contributed by atoms with Crippen LogP contribution in [0.2, 0.25) is 0 Å². The van der Waals surface area contributed by atoms with Crippen LogP contribution < -0.4 is 5.73 Å². The van der Waals surface area contributed by atoms with Crippen LogP contribution in [-0.2, 0) is 11.2 Å². The van der Waals surface area contributed by atoms with Gasteiger partial charge in [0.2, 0.25) is 5.91 Å². The highest BCUT2D eigenvalue weighted by molar-refractivity contribution is 7.14. The van der Waals surface area contributed by atoms with Crippen LogP contribution in [0.15, 0.2) is 42.7 Å². The Morgan fingerprint density at radius 2 is 2.15 bits per heavy atom. The molecule has 1 aliphatic heterocycles. The normalized spacial score (nSPS) is 17.1. The summed E-state index contributed by atoms with van der Waals surface area (Å²) in [5.74, 6) is -0.275. The third-order valence-corrected chi connectivity index (χ3v) is 5.98. The minimum atomic E-state index is -0.413.